The Bertz CT molecular complexity index is 200. The Morgan fingerprint density at radius 1 is 1.33 bits per heavy atom. The second kappa shape index (κ2) is 4.60. The summed E-state index contributed by atoms with van der Waals surface area (Å²) >= 11 is 3.25. The second-order valence-electron chi connectivity index (χ2n) is 1.94. The van der Waals surface area contributed by atoms with Crippen molar-refractivity contribution in [2.75, 3.05) is 0 Å². The standard InChI is InChI=1S/C5H7NO5S/c7-3(8)1-2(4(9)10)6-5(11)12/h2H,1H2,(H,7,8)(H,9,10)(H2,6,11,12)/t2-/m1/s1. The molecule has 12 heavy (non-hydrogen) atoms. The number of hydrogen-bond donors (Lipinski definition) is 4. The summed E-state index contributed by atoms with van der Waals surface area (Å²) in [6, 6.07) is -1.42. The van der Waals surface area contributed by atoms with Crippen LogP contribution in [-0.2, 0) is 9.59 Å². The van der Waals surface area contributed by atoms with Gasteiger partial charge in [-0.2, -0.15) is 0 Å². The summed E-state index contributed by atoms with van der Waals surface area (Å²) in [6.45, 7) is 0. The van der Waals surface area contributed by atoms with Crippen molar-refractivity contribution >= 4 is 29.8 Å². The Morgan fingerprint density at radius 3 is 2.08 bits per heavy atom. The third kappa shape index (κ3) is 4.56. The molecule has 0 heterocycles. The summed E-state index contributed by atoms with van der Waals surface area (Å²) in [4.78, 5) is 30.6. The molecule has 0 spiro atoms. The molecule has 3 N–H and O–H groups in total. The van der Waals surface area contributed by atoms with Gasteiger partial charge < -0.3 is 15.5 Å². The van der Waals surface area contributed by atoms with Crippen molar-refractivity contribution in [3.8, 4) is 0 Å². The lowest BCUT2D eigenvalue weighted by Gasteiger charge is -2.08. The molecule has 0 aliphatic heterocycles. The number of carboxylic acids is 2. The Kier molecular flexibility index (Phi) is 4.12. The molecule has 0 saturated heterocycles. The Balaban J connectivity index is 4.14. The summed E-state index contributed by atoms with van der Waals surface area (Å²) in [5, 5.41) is 17.5. The molecule has 0 saturated carbocycles. The van der Waals surface area contributed by atoms with E-state index in [1.807, 2.05) is 5.32 Å². The number of thiol groups is 1. The van der Waals surface area contributed by atoms with Crippen LogP contribution in [0.25, 0.3) is 0 Å². The highest BCUT2D eigenvalue weighted by Gasteiger charge is 2.21. The van der Waals surface area contributed by atoms with Gasteiger partial charge in [0.1, 0.15) is 6.04 Å². The molecular weight excluding hydrogens is 186 g/mol. The lowest BCUT2D eigenvalue weighted by molar-refractivity contribution is -0.145. The molecule has 0 aromatic heterocycles. The van der Waals surface area contributed by atoms with Gasteiger partial charge in [0.25, 0.3) is 5.24 Å². The highest BCUT2D eigenvalue weighted by molar-refractivity contribution is 7.96. The van der Waals surface area contributed by atoms with E-state index in [1.54, 1.807) is 0 Å². The van der Waals surface area contributed by atoms with E-state index in [9.17, 15) is 14.4 Å². The first kappa shape index (κ1) is 10.8. The van der Waals surface area contributed by atoms with Crippen molar-refractivity contribution < 1.29 is 24.6 Å². The molecule has 0 rings (SSSR count). The number of aliphatic carboxylic acids is 2. The van der Waals surface area contributed by atoms with Crippen LogP contribution >= 0.6 is 12.6 Å². The molecule has 0 aliphatic carbocycles. The topological polar surface area (TPSA) is 104 Å². The van der Waals surface area contributed by atoms with Gasteiger partial charge in [0.2, 0.25) is 0 Å². The molecule has 1 amide bonds. The van der Waals surface area contributed by atoms with E-state index in [-0.39, 0.29) is 0 Å². The Labute approximate surface area is 73.0 Å². The average molecular weight is 193 g/mol. The highest BCUT2D eigenvalue weighted by atomic mass is 32.1. The molecule has 68 valence electrons. The van der Waals surface area contributed by atoms with Crippen LogP contribution in [0.2, 0.25) is 0 Å². The van der Waals surface area contributed by atoms with Crippen molar-refractivity contribution in [1.82, 2.24) is 5.32 Å². The van der Waals surface area contributed by atoms with Crippen LogP contribution in [0.15, 0.2) is 0 Å². The molecule has 7 heteroatoms. The second-order valence-corrected chi connectivity index (χ2v) is 2.34. The lowest BCUT2D eigenvalue weighted by atomic mass is 10.2. The van der Waals surface area contributed by atoms with Crippen LogP contribution in [-0.4, -0.2) is 33.4 Å². The fourth-order valence-electron chi connectivity index (χ4n) is 0.524. The number of carboxylic acid groups (broad SMARTS) is 2. The SMILES string of the molecule is O=C(O)C[C@@H](NC(=O)S)C(=O)O. The summed E-state index contributed by atoms with van der Waals surface area (Å²) in [6.07, 6.45) is -0.665. The van der Waals surface area contributed by atoms with Gasteiger partial charge in [-0.3, -0.25) is 9.59 Å². The minimum atomic E-state index is -1.42. The number of carbonyl (C=O) groups is 3. The summed E-state index contributed by atoms with van der Waals surface area (Å²) in [7, 11) is 0. The van der Waals surface area contributed by atoms with Crippen LogP contribution in [0.1, 0.15) is 6.42 Å². The Hall–Kier alpha value is -1.24. The summed E-state index contributed by atoms with van der Waals surface area (Å²) in [5.74, 6) is -2.70. The van der Waals surface area contributed by atoms with Gasteiger partial charge in [0, 0.05) is 0 Å². The molecule has 0 unspecified atom stereocenters. The highest BCUT2D eigenvalue weighted by Crippen LogP contribution is 1.93. The van der Waals surface area contributed by atoms with E-state index in [2.05, 4.69) is 12.6 Å². The van der Waals surface area contributed by atoms with E-state index >= 15 is 0 Å². The van der Waals surface area contributed by atoms with Gasteiger partial charge in [-0.1, -0.05) is 12.6 Å². The smallest absolute Gasteiger partial charge is 0.326 e. The van der Waals surface area contributed by atoms with Crippen molar-refractivity contribution in [2.24, 2.45) is 0 Å². The van der Waals surface area contributed by atoms with E-state index in [0.29, 0.717) is 0 Å². The molecule has 0 radical (unpaired) electrons. The molecule has 0 fully saturated rings. The van der Waals surface area contributed by atoms with Crippen molar-refractivity contribution in [1.29, 1.82) is 0 Å². The third-order valence-corrected chi connectivity index (χ3v) is 1.10. The summed E-state index contributed by atoms with van der Waals surface area (Å²) < 4.78 is 0. The van der Waals surface area contributed by atoms with Crippen molar-refractivity contribution in [3.63, 3.8) is 0 Å². The first-order valence-corrected chi connectivity index (χ1v) is 3.32. The predicted octanol–water partition coefficient (Wildman–Crippen LogP) is -0.446. The number of carbonyl (C=O) groups excluding carboxylic acids is 1. The Morgan fingerprint density at radius 2 is 1.83 bits per heavy atom. The van der Waals surface area contributed by atoms with E-state index in [1.165, 1.54) is 0 Å². The normalized spacial score (nSPS) is 11.8. The maximum Gasteiger partial charge on any atom is 0.326 e. The first-order chi connectivity index (χ1) is 5.43. The molecule has 0 bridgehead atoms. The third-order valence-electron chi connectivity index (χ3n) is 0.975. The number of nitrogens with one attached hydrogen (secondary N) is 1. The van der Waals surface area contributed by atoms with Crippen LogP contribution in [0.3, 0.4) is 0 Å². The van der Waals surface area contributed by atoms with E-state index in [4.69, 9.17) is 10.2 Å². The van der Waals surface area contributed by atoms with E-state index in [0.717, 1.165) is 0 Å². The van der Waals surface area contributed by atoms with Crippen molar-refractivity contribution in [3.05, 3.63) is 0 Å². The zero-order valence-corrected chi connectivity index (χ0v) is 6.75. The van der Waals surface area contributed by atoms with Crippen molar-refractivity contribution in [2.45, 2.75) is 12.5 Å². The predicted molar refractivity (Wildman–Crippen MR) is 41.2 cm³/mol. The largest absolute Gasteiger partial charge is 0.481 e. The number of amides is 1. The molecule has 0 aliphatic rings. The first-order valence-electron chi connectivity index (χ1n) is 2.87. The molecule has 0 aromatic carbocycles. The van der Waals surface area contributed by atoms with Crippen LogP contribution in [0.5, 0.6) is 0 Å². The monoisotopic (exact) mass is 193 g/mol. The van der Waals surface area contributed by atoms with Crippen LogP contribution < -0.4 is 5.32 Å². The molecule has 6 nitrogen and oxygen atoms in total. The zero-order chi connectivity index (χ0) is 9.72. The minimum absolute atomic E-state index is 0.665. The van der Waals surface area contributed by atoms with Gasteiger partial charge in [-0.25, -0.2) is 4.79 Å². The van der Waals surface area contributed by atoms with Gasteiger partial charge >= 0.3 is 11.9 Å². The van der Waals surface area contributed by atoms with Gasteiger partial charge in [-0.15, -0.1) is 0 Å². The maximum atomic E-state index is 10.3. The molecule has 0 aromatic rings. The van der Waals surface area contributed by atoms with Gasteiger partial charge in [-0.05, 0) is 0 Å². The fraction of sp³-hybridized carbons (Fsp3) is 0.400. The van der Waals surface area contributed by atoms with Gasteiger partial charge in [0.15, 0.2) is 0 Å². The molecule has 1 atom stereocenters. The fourth-order valence-corrected chi connectivity index (χ4v) is 0.680. The molecular formula is C5H7NO5S. The lowest BCUT2D eigenvalue weighted by Crippen LogP contribution is -2.39. The van der Waals surface area contributed by atoms with Gasteiger partial charge in [0.05, 0.1) is 6.42 Å². The van der Waals surface area contributed by atoms with Crippen LogP contribution in [0, 0.1) is 0 Å². The minimum Gasteiger partial charge on any atom is -0.481 e. The number of rotatable bonds is 4. The number of hydrogen-bond acceptors (Lipinski definition) is 3. The average Bonchev–Trinajstić information content (AvgIpc) is 1.83. The quantitative estimate of drug-likeness (QED) is 0.453. The maximum absolute atomic E-state index is 10.3. The van der Waals surface area contributed by atoms with E-state index < -0.39 is 29.6 Å². The zero-order valence-electron chi connectivity index (χ0n) is 5.85. The van der Waals surface area contributed by atoms with Crippen LogP contribution in [0.4, 0.5) is 4.79 Å². The summed E-state index contributed by atoms with van der Waals surface area (Å²) in [5.41, 5.74) is 0.